The lowest BCUT2D eigenvalue weighted by atomic mass is 10.3. The van der Waals surface area contributed by atoms with Crippen molar-refractivity contribution in [1.82, 2.24) is 0 Å². The number of primary amides is 1. The summed E-state index contributed by atoms with van der Waals surface area (Å²) in [7, 11) is 0. The quantitative estimate of drug-likeness (QED) is 0.526. The predicted octanol–water partition coefficient (Wildman–Crippen LogP) is -0.385. The molecule has 4 heteroatoms. The third-order valence-electron chi connectivity index (χ3n) is 0.898. The number of amides is 1. The first-order chi connectivity index (χ1) is 3.80. The standard InChI is InChI=1S/C4H6N2OS/c5-4(7)3-1-8-2-6-3/h2-3H,1H2,(H2,5,7)/t3-/m0/s1. The van der Waals surface area contributed by atoms with Gasteiger partial charge in [-0.1, -0.05) is 0 Å². The Hall–Kier alpha value is -0.510. The minimum absolute atomic E-state index is 0.264. The maximum Gasteiger partial charge on any atom is 0.243 e. The van der Waals surface area contributed by atoms with E-state index < -0.39 is 0 Å². The molecule has 0 saturated heterocycles. The number of nitrogens with two attached hydrogens (primary N) is 1. The van der Waals surface area contributed by atoms with Gasteiger partial charge in [0.1, 0.15) is 6.04 Å². The SMILES string of the molecule is NC(=O)[C@@H]1CSC=N1. The number of hydrogen-bond acceptors (Lipinski definition) is 3. The van der Waals surface area contributed by atoms with Crippen molar-refractivity contribution in [3.8, 4) is 0 Å². The van der Waals surface area contributed by atoms with Gasteiger partial charge in [0.15, 0.2) is 0 Å². The molecule has 0 radical (unpaired) electrons. The summed E-state index contributed by atoms with van der Waals surface area (Å²) < 4.78 is 0. The molecule has 0 aliphatic carbocycles. The fourth-order valence-corrected chi connectivity index (χ4v) is 1.20. The summed E-state index contributed by atoms with van der Waals surface area (Å²) in [4.78, 5) is 14.1. The van der Waals surface area contributed by atoms with Crippen LogP contribution in [0.5, 0.6) is 0 Å². The van der Waals surface area contributed by atoms with E-state index in [4.69, 9.17) is 5.73 Å². The lowest BCUT2D eigenvalue weighted by Gasteiger charge is -1.95. The van der Waals surface area contributed by atoms with E-state index in [2.05, 4.69) is 4.99 Å². The summed E-state index contributed by atoms with van der Waals surface area (Å²) in [5.41, 5.74) is 6.59. The number of aliphatic imine (C=N–C) groups is 1. The molecule has 0 fully saturated rings. The molecule has 0 aromatic carbocycles. The van der Waals surface area contributed by atoms with E-state index in [-0.39, 0.29) is 11.9 Å². The van der Waals surface area contributed by atoms with Crippen LogP contribution in [0.25, 0.3) is 0 Å². The highest BCUT2D eigenvalue weighted by Gasteiger charge is 2.15. The molecule has 8 heavy (non-hydrogen) atoms. The molecule has 0 unspecified atom stereocenters. The van der Waals surface area contributed by atoms with Crippen LogP contribution in [-0.4, -0.2) is 23.2 Å². The van der Waals surface area contributed by atoms with Gasteiger partial charge < -0.3 is 5.73 Å². The lowest BCUT2D eigenvalue weighted by molar-refractivity contribution is -0.118. The molecule has 1 heterocycles. The van der Waals surface area contributed by atoms with Crippen LogP contribution in [0.15, 0.2) is 4.99 Å². The van der Waals surface area contributed by atoms with Crippen molar-refractivity contribution in [3.05, 3.63) is 0 Å². The molecule has 0 saturated carbocycles. The molecule has 44 valence electrons. The Balaban J connectivity index is 2.48. The van der Waals surface area contributed by atoms with Crippen molar-refractivity contribution < 1.29 is 4.79 Å². The third-order valence-corrected chi connectivity index (χ3v) is 1.68. The molecule has 3 nitrogen and oxygen atoms in total. The van der Waals surface area contributed by atoms with E-state index in [9.17, 15) is 4.79 Å². The molecule has 0 aromatic heterocycles. The largest absolute Gasteiger partial charge is 0.368 e. The Morgan fingerprint density at radius 2 is 2.75 bits per heavy atom. The first-order valence-corrected chi connectivity index (χ1v) is 3.28. The van der Waals surface area contributed by atoms with Crippen LogP contribution < -0.4 is 5.73 Å². The monoisotopic (exact) mass is 130 g/mol. The van der Waals surface area contributed by atoms with Gasteiger partial charge in [0.25, 0.3) is 0 Å². The molecule has 2 N–H and O–H groups in total. The zero-order chi connectivity index (χ0) is 5.98. The predicted molar refractivity (Wildman–Crippen MR) is 33.9 cm³/mol. The van der Waals surface area contributed by atoms with Crippen LogP contribution >= 0.6 is 11.8 Å². The average Bonchev–Trinajstić information content (AvgIpc) is 2.12. The van der Waals surface area contributed by atoms with Crippen LogP contribution in [0.3, 0.4) is 0 Å². The molecular formula is C4H6N2OS. The molecule has 0 spiro atoms. The lowest BCUT2D eigenvalue weighted by Crippen LogP contribution is -2.26. The van der Waals surface area contributed by atoms with Crippen LogP contribution in [0.1, 0.15) is 0 Å². The Morgan fingerprint density at radius 3 is 3.00 bits per heavy atom. The van der Waals surface area contributed by atoms with Crippen molar-refractivity contribution in [2.75, 3.05) is 5.75 Å². The van der Waals surface area contributed by atoms with Gasteiger partial charge in [-0.15, -0.1) is 11.8 Å². The van der Waals surface area contributed by atoms with Crippen molar-refractivity contribution >= 4 is 23.2 Å². The second-order valence-electron chi connectivity index (χ2n) is 1.51. The summed E-state index contributed by atoms with van der Waals surface area (Å²) in [6.07, 6.45) is 0. The molecular weight excluding hydrogens is 124 g/mol. The molecule has 1 atom stereocenters. The zero-order valence-corrected chi connectivity index (χ0v) is 5.02. The van der Waals surface area contributed by atoms with Crippen LogP contribution in [-0.2, 0) is 4.79 Å². The topological polar surface area (TPSA) is 55.5 Å². The van der Waals surface area contributed by atoms with E-state index in [1.807, 2.05) is 0 Å². The smallest absolute Gasteiger partial charge is 0.243 e. The number of hydrogen-bond donors (Lipinski definition) is 1. The first-order valence-electron chi connectivity index (χ1n) is 2.23. The number of nitrogens with zero attached hydrogens (tertiary/aromatic N) is 1. The average molecular weight is 130 g/mol. The van der Waals surface area contributed by atoms with Crippen LogP contribution in [0.4, 0.5) is 0 Å². The van der Waals surface area contributed by atoms with Crippen LogP contribution in [0.2, 0.25) is 0 Å². The van der Waals surface area contributed by atoms with Gasteiger partial charge in [-0.25, -0.2) is 0 Å². The summed E-state index contributed by atoms with van der Waals surface area (Å²) in [6, 6.07) is -0.264. The maximum absolute atomic E-state index is 10.3. The minimum Gasteiger partial charge on any atom is -0.368 e. The number of carbonyl (C=O) groups is 1. The van der Waals surface area contributed by atoms with Gasteiger partial charge in [0.05, 0.1) is 5.55 Å². The molecule has 1 aliphatic rings. The van der Waals surface area contributed by atoms with E-state index in [0.717, 1.165) is 5.75 Å². The van der Waals surface area contributed by atoms with Gasteiger partial charge in [0, 0.05) is 5.75 Å². The third kappa shape index (κ3) is 1.01. The molecule has 0 bridgehead atoms. The number of carbonyl (C=O) groups excluding carboxylic acids is 1. The first kappa shape index (κ1) is 5.62. The minimum atomic E-state index is -0.328. The molecule has 1 amide bonds. The van der Waals surface area contributed by atoms with Crippen molar-refractivity contribution in [2.24, 2.45) is 10.7 Å². The second-order valence-corrected chi connectivity index (χ2v) is 2.38. The normalized spacial score (nSPS) is 26.2. The molecule has 0 aromatic rings. The molecule has 1 aliphatic heterocycles. The fourth-order valence-electron chi connectivity index (χ4n) is 0.449. The van der Waals surface area contributed by atoms with Crippen molar-refractivity contribution in [1.29, 1.82) is 0 Å². The van der Waals surface area contributed by atoms with Crippen molar-refractivity contribution in [3.63, 3.8) is 0 Å². The van der Waals surface area contributed by atoms with Gasteiger partial charge in [-0.05, 0) is 0 Å². The van der Waals surface area contributed by atoms with E-state index in [1.54, 1.807) is 5.55 Å². The second kappa shape index (κ2) is 2.17. The Labute approximate surface area is 51.3 Å². The number of thioether (sulfide) groups is 1. The summed E-state index contributed by atoms with van der Waals surface area (Å²) in [5, 5.41) is 0. The summed E-state index contributed by atoms with van der Waals surface area (Å²) in [6.45, 7) is 0. The fraction of sp³-hybridized carbons (Fsp3) is 0.500. The molecule has 1 rings (SSSR count). The Bertz CT molecular complexity index is 134. The Kier molecular flexibility index (Phi) is 1.53. The van der Waals surface area contributed by atoms with Gasteiger partial charge >= 0.3 is 0 Å². The van der Waals surface area contributed by atoms with E-state index in [0.29, 0.717) is 0 Å². The number of rotatable bonds is 1. The Morgan fingerprint density at radius 1 is 2.00 bits per heavy atom. The highest BCUT2D eigenvalue weighted by Crippen LogP contribution is 2.09. The maximum atomic E-state index is 10.3. The highest BCUT2D eigenvalue weighted by molar-refractivity contribution is 8.12. The summed E-state index contributed by atoms with van der Waals surface area (Å²) in [5.74, 6) is 0.390. The van der Waals surface area contributed by atoms with Gasteiger partial charge in [-0.3, -0.25) is 9.79 Å². The summed E-state index contributed by atoms with van der Waals surface area (Å²) >= 11 is 1.52. The zero-order valence-electron chi connectivity index (χ0n) is 4.20. The van der Waals surface area contributed by atoms with Gasteiger partial charge in [-0.2, -0.15) is 0 Å². The van der Waals surface area contributed by atoms with E-state index in [1.165, 1.54) is 11.8 Å². The van der Waals surface area contributed by atoms with Gasteiger partial charge in [0.2, 0.25) is 5.91 Å². The van der Waals surface area contributed by atoms with Crippen LogP contribution in [0, 0.1) is 0 Å². The highest BCUT2D eigenvalue weighted by atomic mass is 32.2. The van der Waals surface area contributed by atoms with E-state index >= 15 is 0 Å². The van der Waals surface area contributed by atoms with Crippen molar-refractivity contribution in [2.45, 2.75) is 6.04 Å².